The summed E-state index contributed by atoms with van der Waals surface area (Å²) in [5, 5.41) is 10.2. The minimum Gasteiger partial charge on any atom is -0.304 e. The maximum absolute atomic E-state index is 12.6. The molecule has 12 heavy (non-hydrogen) atoms. The molecule has 0 aromatic rings. The van der Waals surface area contributed by atoms with E-state index in [0.29, 0.717) is 6.54 Å². The Balaban J connectivity index is 2.17. The third-order valence-electron chi connectivity index (χ3n) is 2.23. The second kappa shape index (κ2) is 4.74. The van der Waals surface area contributed by atoms with E-state index in [2.05, 4.69) is 11.9 Å². The first-order chi connectivity index (χ1) is 5.72. The first-order valence-electron chi connectivity index (χ1n) is 4.35. The Labute approximate surface area is 72.8 Å². The van der Waals surface area contributed by atoms with Crippen molar-refractivity contribution in [2.24, 2.45) is 0 Å². The van der Waals surface area contributed by atoms with Crippen LogP contribution in [0.15, 0.2) is 0 Å². The van der Waals surface area contributed by atoms with E-state index < -0.39 is 12.8 Å². The Morgan fingerprint density at radius 2 is 1.92 bits per heavy atom. The summed E-state index contributed by atoms with van der Waals surface area (Å²) in [7, 11) is 2.05. The summed E-state index contributed by atoms with van der Waals surface area (Å²) in [6.45, 7) is 3.44. The molecule has 4 heteroatoms. The average molecular weight is 175 g/mol. The van der Waals surface area contributed by atoms with Gasteiger partial charge in [0.25, 0.3) is 0 Å². The quantitative estimate of drug-likeness (QED) is 0.603. The number of likely N-dealkylation sites (N-methyl/N-ethyl adjacent to an activating group) is 1. The van der Waals surface area contributed by atoms with E-state index in [0.717, 1.165) is 26.2 Å². The lowest BCUT2D eigenvalue weighted by molar-refractivity contribution is 0.0669. The fraction of sp³-hybridized carbons (Fsp3) is 1.00. The van der Waals surface area contributed by atoms with Crippen molar-refractivity contribution >= 4 is 0 Å². The number of nitrogens with zero attached hydrogens (tertiary/aromatic N) is 2. The van der Waals surface area contributed by atoms with Gasteiger partial charge in [0.2, 0.25) is 0 Å². The monoisotopic (exact) mass is 175 g/mol. The molecule has 1 radical (unpaired) electrons. The van der Waals surface area contributed by atoms with Gasteiger partial charge in [0, 0.05) is 32.7 Å². The maximum atomic E-state index is 12.6. The van der Waals surface area contributed by atoms with Gasteiger partial charge in [0.1, 0.15) is 12.8 Å². The Hall–Kier alpha value is -0.190. The SMILES string of the molecule is CN1CCN(C[C@H](F)C[O])CC1. The normalized spacial score (nSPS) is 24.2. The molecule has 0 saturated carbocycles. The van der Waals surface area contributed by atoms with Gasteiger partial charge in [-0.3, -0.25) is 4.90 Å². The van der Waals surface area contributed by atoms with E-state index in [1.54, 1.807) is 0 Å². The lowest BCUT2D eigenvalue weighted by Gasteiger charge is -2.32. The summed E-state index contributed by atoms with van der Waals surface area (Å²) in [4.78, 5) is 4.23. The summed E-state index contributed by atoms with van der Waals surface area (Å²) in [6, 6.07) is 0. The Bertz CT molecular complexity index is 126. The van der Waals surface area contributed by atoms with Gasteiger partial charge in [-0.15, -0.1) is 0 Å². The lowest BCUT2D eigenvalue weighted by Crippen LogP contribution is -2.46. The summed E-state index contributed by atoms with van der Waals surface area (Å²) in [5.74, 6) is 0. The zero-order valence-corrected chi connectivity index (χ0v) is 7.50. The van der Waals surface area contributed by atoms with Crippen LogP contribution in [0.3, 0.4) is 0 Å². The topological polar surface area (TPSA) is 26.4 Å². The molecule has 1 aliphatic heterocycles. The van der Waals surface area contributed by atoms with Crippen LogP contribution in [-0.4, -0.2) is 62.3 Å². The Morgan fingerprint density at radius 3 is 2.42 bits per heavy atom. The van der Waals surface area contributed by atoms with Crippen molar-refractivity contribution in [2.45, 2.75) is 6.17 Å². The van der Waals surface area contributed by atoms with Crippen molar-refractivity contribution in [3.8, 4) is 0 Å². The largest absolute Gasteiger partial charge is 0.304 e. The summed E-state index contributed by atoms with van der Waals surface area (Å²) in [5.41, 5.74) is 0. The highest BCUT2D eigenvalue weighted by Crippen LogP contribution is 2.01. The van der Waals surface area contributed by atoms with Crippen LogP contribution in [0, 0.1) is 0 Å². The highest BCUT2D eigenvalue weighted by Gasteiger charge is 2.17. The first-order valence-corrected chi connectivity index (χ1v) is 4.35. The standard InChI is InChI=1S/C8H16FN2O/c1-10-2-4-11(5-3-10)6-8(9)7-12/h8H,2-7H2,1H3/t8-/m0/s1. The van der Waals surface area contributed by atoms with Crippen LogP contribution in [0.1, 0.15) is 0 Å². The molecule has 0 aliphatic carbocycles. The van der Waals surface area contributed by atoms with E-state index in [1.165, 1.54) is 0 Å². The van der Waals surface area contributed by atoms with Crippen LogP contribution in [0.5, 0.6) is 0 Å². The number of piperazine rings is 1. The van der Waals surface area contributed by atoms with Crippen molar-refractivity contribution in [2.75, 3.05) is 46.4 Å². The van der Waals surface area contributed by atoms with Gasteiger partial charge in [-0.1, -0.05) is 0 Å². The van der Waals surface area contributed by atoms with Gasteiger partial charge >= 0.3 is 0 Å². The van der Waals surface area contributed by atoms with Gasteiger partial charge < -0.3 is 4.90 Å². The molecule has 0 spiro atoms. The molecule has 1 rings (SSSR count). The van der Waals surface area contributed by atoms with Crippen LogP contribution in [0.25, 0.3) is 0 Å². The van der Waals surface area contributed by atoms with Crippen molar-refractivity contribution in [1.29, 1.82) is 0 Å². The molecule has 1 saturated heterocycles. The number of halogens is 1. The molecule has 1 fully saturated rings. The summed E-state index contributed by atoms with van der Waals surface area (Å²) >= 11 is 0. The fourth-order valence-corrected chi connectivity index (χ4v) is 1.36. The van der Waals surface area contributed by atoms with E-state index >= 15 is 0 Å². The molecule has 71 valence electrons. The summed E-state index contributed by atoms with van der Waals surface area (Å²) in [6.07, 6.45) is -1.19. The molecule has 1 heterocycles. The highest BCUT2D eigenvalue weighted by molar-refractivity contribution is 4.71. The molecule has 0 aromatic carbocycles. The number of hydrogen-bond donors (Lipinski definition) is 0. The molecule has 3 nitrogen and oxygen atoms in total. The van der Waals surface area contributed by atoms with E-state index in [1.807, 2.05) is 4.90 Å². The molecule has 0 N–H and O–H groups in total. The van der Waals surface area contributed by atoms with Crippen LogP contribution in [0.2, 0.25) is 0 Å². The molecule has 0 unspecified atom stereocenters. The van der Waals surface area contributed by atoms with Crippen molar-refractivity contribution < 1.29 is 9.50 Å². The molecule has 0 aromatic heterocycles. The number of hydrogen-bond acceptors (Lipinski definition) is 2. The minimum atomic E-state index is -1.19. The van der Waals surface area contributed by atoms with E-state index in [4.69, 9.17) is 0 Å². The van der Waals surface area contributed by atoms with Gasteiger partial charge in [-0.2, -0.15) is 0 Å². The van der Waals surface area contributed by atoms with Crippen LogP contribution < -0.4 is 0 Å². The van der Waals surface area contributed by atoms with Crippen molar-refractivity contribution in [1.82, 2.24) is 9.80 Å². The molecule has 0 amide bonds. The second-order valence-electron chi connectivity index (χ2n) is 3.37. The number of rotatable bonds is 3. The second-order valence-corrected chi connectivity index (χ2v) is 3.37. The first kappa shape index (κ1) is 9.89. The fourth-order valence-electron chi connectivity index (χ4n) is 1.36. The van der Waals surface area contributed by atoms with Gasteiger partial charge in [0.05, 0.1) is 0 Å². The highest BCUT2D eigenvalue weighted by atomic mass is 19.1. The average Bonchev–Trinajstić information content (AvgIpc) is 2.09. The lowest BCUT2D eigenvalue weighted by atomic mass is 10.3. The zero-order chi connectivity index (χ0) is 8.97. The predicted molar refractivity (Wildman–Crippen MR) is 44.4 cm³/mol. The van der Waals surface area contributed by atoms with E-state index in [9.17, 15) is 9.50 Å². The predicted octanol–water partition coefficient (Wildman–Crippen LogP) is 0.00240. The molecular weight excluding hydrogens is 159 g/mol. The van der Waals surface area contributed by atoms with Gasteiger partial charge in [-0.05, 0) is 7.05 Å². The van der Waals surface area contributed by atoms with Gasteiger partial charge in [0.15, 0.2) is 0 Å². The minimum absolute atomic E-state index is 0.317. The molecule has 0 bridgehead atoms. The summed E-state index contributed by atoms with van der Waals surface area (Å²) < 4.78 is 12.6. The van der Waals surface area contributed by atoms with Crippen LogP contribution >= 0.6 is 0 Å². The van der Waals surface area contributed by atoms with Gasteiger partial charge in [-0.25, -0.2) is 9.50 Å². The Morgan fingerprint density at radius 1 is 1.33 bits per heavy atom. The third kappa shape index (κ3) is 3.05. The van der Waals surface area contributed by atoms with E-state index in [-0.39, 0.29) is 0 Å². The third-order valence-corrected chi connectivity index (χ3v) is 2.23. The molecular formula is C8H16FN2O. The molecule has 1 aliphatic rings. The van der Waals surface area contributed by atoms with Crippen LogP contribution in [-0.2, 0) is 5.11 Å². The zero-order valence-electron chi connectivity index (χ0n) is 7.50. The van der Waals surface area contributed by atoms with Crippen LogP contribution in [0.4, 0.5) is 4.39 Å². The number of alkyl halides is 1. The molecule has 1 atom stereocenters. The Kier molecular flexibility index (Phi) is 3.91. The van der Waals surface area contributed by atoms with Crippen molar-refractivity contribution in [3.63, 3.8) is 0 Å². The maximum Gasteiger partial charge on any atom is 0.139 e. The van der Waals surface area contributed by atoms with Crippen molar-refractivity contribution in [3.05, 3.63) is 0 Å². The smallest absolute Gasteiger partial charge is 0.139 e.